The lowest BCUT2D eigenvalue weighted by atomic mass is 10.3. The number of hydrazine groups is 1. The van der Waals surface area contributed by atoms with Crippen molar-refractivity contribution in [3.05, 3.63) is 6.33 Å². The maximum absolute atomic E-state index is 5.35. The van der Waals surface area contributed by atoms with Gasteiger partial charge in [0, 0.05) is 6.04 Å². The molecule has 88 valence electrons. The Balaban J connectivity index is 2.14. The van der Waals surface area contributed by atoms with E-state index in [2.05, 4.69) is 27.6 Å². The van der Waals surface area contributed by atoms with Crippen molar-refractivity contribution in [2.45, 2.75) is 25.8 Å². The summed E-state index contributed by atoms with van der Waals surface area (Å²) in [5, 5.41) is 3.34. The van der Waals surface area contributed by atoms with Crippen LogP contribution in [0.15, 0.2) is 6.33 Å². The molecule has 0 aliphatic heterocycles. The fourth-order valence-corrected chi connectivity index (χ4v) is 1.82. The van der Waals surface area contributed by atoms with Gasteiger partial charge in [0.25, 0.3) is 0 Å². The monoisotopic (exact) mass is 223 g/mol. The Kier molecular flexibility index (Phi) is 3.09. The molecule has 4 N–H and O–H groups in total. The van der Waals surface area contributed by atoms with Gasteiger partial charge in [-0.25, -0.2) is 15.8 Å². The number of hydrogen-bond donors (Lipinski definition) is 3. The predicted octanol–water partition coefficient (Wildman–Crippen LogP) is 0.981. The van der Waals surface area contributed by atoms with Gasteiger partial charge in [0.2, 0.25) is 5.75 Å². The van der Waals surface area contributed by atoms with Crippen molar-refractivity contribution in [3.8, 4) is 5.75 Å². The quantitative estimate of drug-likeness (QED) is 0.509. The molecule has 1 fully saturated rings. The maximum atomic E-state index is 5.35. The largest absolute Gasteiger partial charge is 0.490 e. The Labute approximate surface area is 94.6 Å². The van der Waals surface area contributed by atoms with Gasteiger partial charge >= 0.3 is 0 Å². The average molecular weight is 223 g/mol. The van der Waals surface area contributed by atoms with Crippen LogP contribution in [0, 0.1) is 5.92 Å². The first-order chi connectivity index (χ1) is 7.80. The standard InChI is InChI=1S/C10H17N5O/c1-3-6-4-7(6)14-9-8(16-2)10(15-11)13-5-12-9/h5-7H,3-4,11H2,1-2H3,(H2,12,13,14,15). The number of aromatic nitrogens is 2. The Morgan fingerprint density at radius 2 is 2.25 bits per heavy atom. The second kappa shape index (κ2) is 4.52. The minimum absolute atomic E-state index is 0.494. The Hall–Kier alpha value is -1.56. The predicted molar refractivity (Wildman–Crippen MR) is 62.2 cm³/mol. The van der Waals surface area contributed by atoms with Crippen LogP contribution in [0.1, 0.15) is 19.8 Å². The third kappa shape index (κ3) is 2.01. The molecule has 0 bridgehead atoms. The Bertz CT molecular complexity index is 370. The van der Waals surface area contributed by atoms with Crippen LogP contribution in [0.3, 0.4) is 0 Å². The molecule has 1 aliphatic carbocycles. The molecule has 2 atom stereocenters. The van der Waals surface area contributed by atoms with Crippen LogP contribution in [0.2, 0.25) is 0 Å². The van der Waals surface area contributed by atoms with Gasteiger partial charge in [-0.2, -0.15) is 0 Å². The molecule has 1 aliphatic rings. The van der Waals surface area contributed by atoms with Crippen molar-refractivity contribution in [1.29, 1.82) is 0 Å². The second-order valence-electron chi connectivity index (χ2n) is 3.90. The van der Waals surface area contributed by atoms with E-state index in [1.54, 1.807) is 7.11 Å². The van der Waals surface area contributed by atoms with Gasteiger partial charge in [-0.3, -0.25) is 0 Å². The zero-order chi connectivity index (χ0) is 11.5. The van der Waals surface area contributed by atoms with Crippen LogP contribution >= 0.6 is 0 Å². The van der Waals surface area contributed by atoms with E-state index in [4.69, 9.17) is 10.6 Å². The smallest absolute Gasteiger partial charge is 0.205 e. The van der Waals surface area contributed by atoms with E-state index in [-0.39, 0.29) is 0 Å². The fraction of sp³-hybridized carbons (Fsp3) is 0.600. The minimum atomic E-state index is 0.494. The summed E-state index contributed by atoms with van der Waals surface area (Å²) in [4.78, 5) is 8.15. The summed E-state index contributed by atoms with van der Waals surface area (Å²) < 4.78 is 5.23. The number of rotatable bonds is 5. The normalized spacial score (nSPS) is 22.7. The van der Waals surface area contributed by atoms with E-state index >= 15 is 0 Å². The summed E-state index contributed by atoms with van der Waals surface area (Å²) in [5.41, 5.74) is 2.49. The van der Waals surface area contributed by atoms with Crippen LogP contribution in [0.25, 0.3) is 0 Å². The van der Waals surface area contributed by atoms with Crippen molar-refractivity contribution >= 4 is 11.6 Å². The number of hydrogen-bond acceptors (Lipinski definition) is 6. The molecule has 2 unspecified atom stereocenters. The van der Waals surface area contributed by atoms with Gasteiger partial charge in [0.05, 0.1) is 7.11 Å². The van der Waals surface area contributed by atoms with Crippen LogP contribution < -0.4 is 21.3 Å². The molecule has 2 rings (SSSR count). The van der Waals surface area contributed by atoms with Crippen molar-refractivity contribution in [3.63, 3.8) is 0 Å². The first-order valence-electron chi connectivity index (χ1n) is 5.42. The Morgan fingerprint density at radius 3 is 2.81 bits per heavy atom. The zero-order valence-corrected chi connectivity index (χ0v) is 9.53. The maximum Gasteiger partial charge on any atom is 0.205 e. The van der Waals surface area contributed by atoms with E-state index in [1.807, 2.05) is 0 Å². The van der Waals surface area contributed by atoms with Gasteiger partial charge in [0.1, 0.15) is 6.33 Å². The Morgan fingerprint density at radius 1 is 1.50 bits per heavy atom. The zero-order valence-electron chi connectivity index (χ0n) is 9.53. The highest BCUT2D eigenvalue weighted by molar-refractivity contribution is 5.63. The van der Waals surface area contributed by atoms with Gasteiger partial charge in [-0.15, -0.1) is 0 Å². The number of nitrogen functional groups attached to an aromatic ring is 1. The highest BCUT2D eigenvalue weighted by Crippen LogP contribution is 2.38. The molecule has 0 spiro atoms. The first-order valence-corrected chi connectivity index (χ1v) is 5.42. The van der Waals surface area contributed by atoms with Crippen molar-refractivity contribution in [2.75, 3.05) is 17.9 Å². The van der Waals surface area contributed by atoms with Crippen LogP contribution in [-0.4, -0.2) is 23.1 Å². The molecule has 6 heteroatoms. The summed E-state index contributed by atoms with van der Waals surface area (Å²) in [6.45, 7) is 2.19. The number of anilines is 2. The van der Waals surface area contributed by atoms with Crippen LogP contribution in [0.4, 0.5) is 11.6 Å². The van der Waals surface area contributed by atoms with Crippen molar-refractivity contribution in [1.82, 2.24) is 9.97 Å². The third-order valence-electron chi connectivity index (χ3n) is 2.91. The summed E-state index contributed by atoms with van der Waals surface area (Å²) in [5.74, 6) is 7.85. The lowest BCUT2D eigenvalue weighted by Crippen LogP contribution is -2.13. The van der Waals surface area contributed by atoms with E-state index in [9.17, 15) is 0 Å². The van der Waals surface area contributed by atoms with Gasteiger partial charge in [-0.05, 0) is 12.3 Å². The topological polar surface area (TPSA) is 85.1 Å². The van der Waals surface area contributed by atoms with E-state index in [0.717, 1.165) is 5.92 Å². The lowest BCUT2D eigenvalue weighted by molar-refractivity contribution is 0.414. The lowest BCUT2D eigenvalue weighted by Gasteiger charge is -2.12. The average Bonchev–Trinajstić information content (AvgIpc) is 3.07. The number of ether oxygens (including phenoxy) is 1. The molecule has 1 saturated carbocycles. The molecule has 0 aromatic carbocycles. The molecule has 16 heavy (non-hydrogen) atoms. The summed E-state index contributed by atoms with van der Waals surface area (Å²) in [7, 11) is 1.58. The number of nitrogens with zero attached hydrogens (tertiary/aromatic N) is 2. The first kappa shape index (κ1) is 10.9. The second-order valence-corrected chi connectivity index (χ2v) is 3.90. The molecule has 6 nitrogen and oxygen atoms in total. The van der Waals surface area contributed by atoms with Crippen molar-refractivity contribution < 1.29 is 4.74 Å². The van der Waals surface area contributed by atoms with Crippen LogP contribution in [0.5, 0.6) is 5.75 Å². The molecule has 0 radical (unpaired) electrons. The molecular weight excluding hydrogens is 206 g/mol. The van der Waals surface area contributed by atoms with E-state index < -0.39 is 0 Å². The van der Waals surface area contributed by atoms with Crippen molar-refractivity contribution in [2.24, 2.45) is 11.8 Å². The number of nitrogens with one attached hydrogen (secondary N) is 2. The molecule has 0 saturated heterocycles. The molecule has 1 aromatic rings. The summed E-state index contributed by atoms with van der Waals surface area (Å²) in [6.07, 6.45) is 3.84. The van der Waals surface area contributed by atoms with Gasteiger partial charge < -0.3 is 15.5 Å². The van der Waals surface area contributed by atoms with Gasteiger partial charge in [-0.1, -0.05) is 13.3 Å². The van der Waals surface area contributed by atoms with E-state index in [1.165, 1.54) is 19.2 Å². The van der Waals surface area contributed by atoms with E-state index in [0.29, 0.717) is 23.4 Å². The van der Waals surface area contributed by atoms with Gasteiger partial charge in [0.15, 0.2) is 11.6 Å². The summed E-state index contributed by atoms with van der Waals surface area (Å²) >= 11 is 0. The molecule has 0 amide bonds. The summed E-state index contributed by atoms with van der Waals surface area (Å²) in [6, 6.07) is 0.499. The fourth-order valence-electron chi connectivity index (χ4n) is 1.82. The molecule has 1 aromatic heterocycles. The SMILES string of the molecule is CCC1CC1Nc1ncnc(NN)c1OC. The number of nitrogens with two attached hydrogens (primary N) is 1. The van der Waals surface area contributed by atoms with Crippen LogP contribution in [-0.2, 0) is 0 Å². The molecule has 1 heterocycles. The minimum Gasteiger partial charge on any atom is -0.490 e. The third-order valence-corrected chi connectivity index (χ3v) is 2.91. The molecular formula is C10H17N5O. The highest BCUT2D eigenvalue weighted by Gasteiger charge is 2.36. The highest BCUT2D eigenvalue weighted by atomic mass is 16.5. The number of methoxy groups -OCH3 is 1.